The summed E-state index contributed by atoms with van der Waals surface area (Å²) >= 11 is 6.41. The van der Waals surface area contributed by atoms with Crippen LogP contribution in [0.15, 0.2) is 48.5 Å². The number of hydrogen-bond donors (Lipinski definition) is 0. The molecule has 5 heteroatoms. The molecule has 0 aromatic heterocycles. The number of benzene rings is 2. The van der Waals surface area contributed by atoms with Gasteiger partial charge in [0.25, 0.3) is 0 Å². The molecule has 0 N–H and O–H groups in total. The molecule has 2 aromatic carbocycles. The third kappa shape index (κ3) is 4.49. The summed E-state index contributed by atoms with van der Waals surface area (Å²) in [6, 6.07) is 15.5. The first-order chi connectivity index (χ1) is 11.3. The summed E-state index contributed by atoms with van der Waals surface area (Å²) in [5.74, 6) is 0.731. The molecule has 2 aromatic rings. The Morgan fingerprint density at radius 3 is 1.96 bits per heavy atom. The third-order valence-corrected chi connectivity index (χ3v) is 17.3. The van der Waals surface area contributed by atoms with Crippen molar-refractivity contribution in [3.63, 3.8) is 0 Å². The summed E-state index contributed by atoms with van der Waals surface area (Å²) in [5, 5.41) is 2.65. The molecule has 1 unspecified atom stereocenters. The average molecular weight is 381 g/mol. The maximum Gasteiger partial charge on any atom is 0.123 e. The average Bonchev–Trinajstić information content (AvgIpc) is 2.56. The van der Waals surface area contributed by atoms with Crippen molar-refractivity contribution in [1.82, 2.24) is 0 Å². The first-order valence-corrected chi connectivity index (χ1v) is 15.0. The van der Waals surface area contributed by atoms with Gasteiger partial charge in [-0.3, -0.25) is 0 Å². The molecule has 0 saturated carbocycles. The molecule has 0 aliphatic rings. The number of rotatable bonds is 7. The van der Waals surface area contributed by atoms with Gasteiger partial charge in [-0.15, -0.1) is 11.6 Å². The van der Waals surface area contributed by atoms with E-state index in [0.29, 0.717) is 12.1 Å². The van der Waals surface area contributed by atoms with Crippen LogP contribution < -0.4 is 15.1 Å². The highest BCUT2D eigenvalue weighted by atomic mass is 35.5. The second-order valence-electron chi connectivity index (χ2n) is 7.22. The summed E-state index contributed by atoms with van der Waals surface area (Å²) in [5.41, 5.74) is 1.80. The summed E-state index contributed by atoms with van der Waals surface area (Å²) in [6.07, 6.45) is 0. The Balaban J connectivity index is 2.25. The van der Waals surface area contributed by atoms with Crippen LogP contribution in [0.2, 0.25) is 25.3 Å². The van der Waals surface area contributed by atoms with Crippen LogP contribution >= 0.6 is 11.6 Å². The van der Waals surface area contributed by atoms with Gasteiger partial charge in [-0.05, 0) is 31.2 Å². The molecule has 0 amide bonds. The zero-order valence-corrected chi connectivity index (χ0v) is 17.7. The van der Waals surface area contributed by atoms with Gasteiger partial charge in [0, 0.05) is 5.50 Å². The first kappa shape index (κ1) is 19.2. The molecule has 0 spiro atoms. The van der Waals surface area contributed by atoms with Crippen LogP contribution in [0.4, 0.5) is 4.39 Å². The van der Waals surface area contributed by atoms with Gasteiger partial charge >= 0.3 is 0 Å². The maximum atomic E-state index is 13.3. The molecule has 0 aliphatic carbocycles. The Bertz CT molecular complexity index is 658. The minimum absolute atomic E-state index is 0.187. The van der Waals surface area contributed by atoms with E-state index in [1.165, 1.54) is 10.4 Å². The molecule has 0 saturated heterocycles. The predicted molar refractivity (Wildman–Crippen MR) is 108 cm³/mol. The van der Waals surface area contributed by atoms with Crippen molar-refractivity contribution in [3.8, 4) is 5.75 Å². The number of alkyl halides is 1. The SMILES string of the molecule is CCOc1ccc([Si](C)(C)C[Si](C)(CCl)c2ccc(F)cc2)cc1. The largest absolute Gasteiger partial charge is 0.494 e. The van der Waals surface area contributed by atoms with Crippen molar-refractivity contribution in [2.75, 3.05) is 12.1 Å². The highest BCUT2D eigenvalue weighted by Gasteiger charge is 2.37. The van der Waals surface area contributed by atoms with Gasteiger partial charge in [0.15, 0.2) is 0 Å². The second-order valence-corrected chi connectivity index (χ2v) is 17.7. The normalized spacial score (nSPS) is 14.2. The minimum Gasteiger partial charge on any atom is -0.494 e. The summed E-state index contributed by atoms with van der Waals surface area (Å²) < 4.78 is 18.8. The van der Waals surface area contributed by atoms with Crippen LogP contribution in [-0.4, -0.2) is 28.3 Å². The van der Waals surface area contributed by atoms with Crippen LogP contribution in [-0.2, 0) is 0 Å². The standard InChI is InChI=1S/C19H26ClFOSi2/c1-5-22-17-8-12-18(13-9-17)23(2,3)15-24(4,14-20)19-10-6-16(21)7-11-19/h6-13H,5,14-15H2,1-4H3. The zero-order valence-electron chi connectivity index (χ0n) is 14.9. The van der Waals surface area contributed by atoms with E-state index in [9.17, 15) is 4.39 Å². The molecule has 2 rings (SSSR count). The molecule has 130 valence electrons. The van der Waals surface area contributed by atoms with Gasteiger partial charge in [0.05, 0.1) is 22.8 Å². The Labute approximate surface area is 151 Å². The molecule has 1 atom stereocenters. The molecule has 0 fully saturated rings. The van der Waals surface area contributed by atoms with E-state index >= 15 is 0 Å². The Morgan fingerprint density at radius 2 is 1.46 bits per heavy atom. The van der Waals surface area contributed by atoms with Crippen molar-refractivity contribution < 1.29 is 9.13 Å². The fraction of sp³-hybridized carbons (Fsp3) is 0.368. The molecule has 0 bridgehead atoms. The van der Waals surface area contributed by atoms with Crippen LogP contribution in [0.5, 0.6) is 5.75 Å². The van der Waals surface area contributed by atoms with Crippen molar-refractivity contribution in [3.05, 3.63) is 54.3 Å². The third-order valence-electron chi connectivity index (χ3n) is 4.61. The topological polar surface area (TPSA) is 9.23 Å². The first-order valence-electron chi connectivity index (χ1n) is 8.36. The predicted octanol–water partition coefficient (Wildman–Crippen LogP) is 4.44. The number of halogens is 2. The Morgan fingerprint density at radius 1 is 0.917 bits per heavy atom. The second kappa shape index (κ2) is 7.85. The lowest BCUT2D eigenvalue weighted by Gasteiger charge is -2.34. The van der Waals surface area contributed by atoms with E-state index in [2.05, 4.69) is 43.9 Å². The molecule has 0 heterocycles. The molecule has 0 radical (unpaired) electrons. The number of ether oxygens (including phenoxy) is 1. The fourth-order valence-corrected chi connectivity index (χ4v) is 16.6. The van der Waals surface area contributed by atoms with Gasteiger partial charge in [-0.2, -0.15) is 0 Å². The van der Waals surface area contributed by atoms with E-state index in [4.69, 9.17) is 16.3 Å². The summed E-state index contributed by atoms with van der Waals surface area (Å²) in [6.45, 7) is 9.78. The van der Waals surface area contributed by atoms with Gasteiger partial charge in [0.1, 0.15) is 11.6 Å². The van der Waals surface area contributed by atoms with E-state index in [0.717, 1.165) is 11.4 Å². The van der Waals surface area contributed by atoms with Crippen molar-refractivity contribution in [2.45, 2.75) is 32.2 Å². The van der Waals surface area contributed by atoms with Gasteiger partial charge in [-0.1, -0.05) is 59.9 Å². The molecule has 0 aliphatic heterocycles. The Kier molecular flexibility index (Phi) is 6.29. The van der Waals surface area contributed by atoms with Gasteiger partial charge in [0.2, 0.25) is 0 Å². The van der Waals surface area contributed by atoms with Crippen LogP contribution in [0.25, 0.3) is 0 Å². The molecular formula is C19H26ClFOSi2. The minimum atomic E-state index is -1.84. The van der Waals surface area contributed by atoms with E-state index < -0.39 is 16.1 Å². The molecule has 1 nitrogen and oxygen atoms in total. The highest BCUT2D eigenvalue weighted by molar-refractivity contribution is 7.08. The van der Waals surface area contributed by atoms with Crippen molar-refractivity contribution in [2.24, 2.45) is 0 Å². The smallest absolute Gasteiger partial charge is 0.123 e. The monoisotopic (exact) mass is 380 g/mol. The van der Waals surface area contributed by atoms with Gasteiger partial charge in [-0.25, -0.2) is 4.39 Å². The summed E-state index contributed by atoms with van der Waals surface area (Å²) in [7, 11) is -3.49. The highest BCUT2D eigenvalue weighted by Crippen LogP contribution is 2.22. The van der Waals surface area contributed by atoms with E-state index in [1.807, 2.05) is 19.1 Å². The van der Waals surface area contributed by atoms with Crippen molar-refractivity contribution >= 4 is 38.1 Å². The Hall–Kier alpha value is -1.11. The van der Waals surface area contributed by atoms with Crippen LogP contribution in [0.3, 0.4) is 0 Å². The summed E-state index contributed by atoms with van der Waals surface area (Å²) in [4.78, 5) is 0. The van der Waals surface area contributed by atoms with Crippen LogP contribution in [0.1, 0.15) is 6.92 Å². The maximum absolute atomic E-state index is 13.3. The van der Waals surface area contributed by atoms with Crippen molar-refractivity contribution in [1.29, 1.82) is 0 Å². The lowest BCUT2D eigenvalue weighted by Crippen LogP contribution is -2.57. The lowest BCUT2D eigenvalue weighted by molar-refractivity contribution is 0.340. The fourth-order valence-electron chi connectivity index (χ4n) is 3.33. The number of hydrogen-bond acceptors (Lipinski definition) is 1. The van der Waals surface area contributed by atoms with E-state index in [1.54, 1.807) is 12.1 Å². The lowest BCUT2D eigenvalue weighted by atomic mass is 10.3. The van der Waals surface area contributed by atoms with Gasteiger partial charge < -0.3 is 4.74 Å². The zero-order chi connectivity index (χ0) is 17.8. The van der Waals surface area contributed by atoms with E-state index in [-0.39, 0.29) is 5.82 Å². The molecular weight excluding hydrogens is 355 g/mol. The van der Waals surface area contributed by atoms with Crippen LogP contribution in [0, 0.1) is 5.82 Å². The molecule has 24 heavy (non-hydrogen) atoms. The quantitative estimate of drug-likeness (QED) is 0.509.